The van der Waals surface area contributed by atoms with Crippen LogP contribution in [0.25, 0.3) is 11.3 Å². The molecule has 4 aromatic rings. The Balaban J connectivity index is 0.00000756. The van der Waals surface area contributed by atoms with Gasteiger partial charge in [-0.2, -0.15) is 39.5 Å². The summed E-state index contributed by atoms with van der Waals surface area (Å²) in [4.78, 5) is 24.8. The molecule has 0 saturated heterocycles. The average Bonchev–Trinajstić information content (AvgIpc) is 3.05. The number of ether oxygens (including phenoxy) is 2. The van der Waals surface area contributed by atoms with Crippen LogP contribution in [0.1, 0.15) is 71.7 Å². The largest absolute Gasteiger partial charge is 1.00 e. The van der Waals surface area contributed by atoms with Gasteiger partial charge in [-0.3, -0.25) is 4.98 Å². The zero-order chi connectivity index (χ0) is 38.4. The predicted octanol–water partition coefficient (Wildman–Crippen LogP) is 4.98. The van der Waals surface area contributed by atoms with E-state index in [1.54, 1.807) is 12.1 Å². The topological polar surface area (TPSA) is 101 Å². The molecule has 4 rings (SSSR count). The molecule has 0 aliphatic carbocycles. The van der Waals surface area contributed by atoms with Crippen molar-refractivity contribution in [2.75, 3.05) is 18.6 Å². The van der Waals surface area contributed by atoms with Crippen molar-refractivity contribution in [2.24, 2.45) is 0 Å². The van der Waals surface area contributed by atoms with Crippen LogP contribution in [0.15, 0.2) is 60.9 Å². The fourth-order valence-corrected chi connectivity index (χ4v) is 5.15. The maximum atomic E-state index is 14.1. The third kappa shape index (κ3) is 12.0. The van der Waals surface area contributed by atoms with Gasteiger partial charge in [-0.05, 0) is 66.3 Å². The van der Waals surface area contributed by atoms with Crippen LogP contribution in [0.3, 0.4) is 0 Å². The summed E-state index contributed by atoms with van der Waals surface area (Å²) in [6.45, 7) is 2.40. The normalized spacial score (nSPS) is 12.1. The zero-order valence-electron chi connectivity index (χ0n) is 28.9. The van der Waals surface area contributed by atoms with E-state index < -0.39 is 59.8 Å². The molecule has 2 heterocycles. The number of aliphatic carboxylic acids is 1. The number of carboxylic acid groups (broad SMARTS) is 1. The van der Waals surface area contributed by atoms with Crippen molar-refractivity contribution in [3.63, 3.8) is 0 Å². The smallest absolute Gasteiger partial charge is 0.550 e. The summed E-state index contributed by atoms with van der Waals surface area (Å²) in [6, 6.07) is 7.28. The van der Waals surface area contributed by atoms with Gasteiger partial charge in [0.05, 0.1) is 48.0 Å². The van der Waals surface area contributed by atoms with Crippen LogP contribution in [0.2, 0.25) is 0 Å². The summed E-state index contributed by atoms with van der Waals surface area (Å²) in [5.41, 5.74) is -3.22. The van der Waals surface area contributed by atoms with E-state index in [2.05, 4.69) is 9.97 Å². The number of halogens is 9. The van der Waals surface area contributed by atoms with Crippen LogP contribution in [-0.2, 0) is 47.8 Å². The molecule has 0 unspecified atom stereocenters. The summed E-state index contributed by atoms with van der Waals surface area (Å²) in [5.74, 6) is -1.64. The van der Waals surface area contributed by atoms with Gasteiger partial charge in [0.15, 0.2) is 5.75 Å². The molecule has 0 aliphatic heterocycles. The Bertz CT molecular complexity index is 1820. The van der Waals surface area contributed by atoms with E-state index in [1.165, 1.54) is 13.2 Å². The average molecular weight is 767 g/mol. The second-order valence-corrected chi connectivity index (χ2v) is 12.0. The van der Waals surface area contributed by atoms with Crippen LogP contribution in [0, 0.1) is 0 Å². The molecule has 2 aromatic carbocycles. The van der Waals surface area contributed by atoms with Crippen LogP contribution in [0.4, 0.5) is 45.5 Å². The fraction of sp³-hybridized carbons (Fsp3) is 0.371. The first kappa shape index (κ1) is 43.5. The molecular formula is C35H32F9N4NaO4. The Hall–Kier alpha value is -3.93. The number of carbonyl (C=O) groups is 1. The van der Waals surface area contributed by atoms with E-state index in [4.69, 9.17) is 14.5 Å². The molecular weight excluding hydrogens is 734 g/mol. The van der Waals surface area contributed by atoms with E-state index in [-0.39, 0.29) is 96.1 Å². The standard InChI is InChI=1S/C35H33F9N4O4.Na/c1-20(2)29-9-6-22(19-51-3)31(47-29)28-8-7-24(33(36,37)38)13-23(28)18-48(32-45-15-27(16-46-32)52-10-4-5-30(49)50)17-21-11-25(34(39,40)41)14-26(12-21)35(42,43)44;/h6-9,11-16,20H,4-5,10,17-19H2,1-3H3,(H,49,50);/q;+1/p-1. The first-order valence-electron chi connectivity index (χ1n) is 15.6. The number of carboxylic acids is 1. The number of rotatable bonds is 14. The maximum Gasteiger partial charge on any atom is 1.00 e. The number of methoxy groups -OCH3 is 1. The van der Waals surface area contributed by atoms with E-state index in [0.29, 0.717) is 23.4 Å². The molecule has 0 atom stereocenters. The summed E-state index contributed by atoms with van der Waals surface area (Å²) >= 11 is 0. The maximum absolute atomic E-state index is 14.1. The molecule has 0 bridgehead atoms. The first-order chi connectivity index (χ1) is 24.3. The van der Waals surface area contributed by atoms with Gasteiger partial charge in [-0.25, -0.2) is 9.97 Å². The monoisotopic (exact) mass is 766 g/mol. The minimum Gasteiger partial charge on any atom is -0.550 e. The number of benzene rings is 2. The molecule has 0 N–H and O–H groups in total. The minimum absolute atomic E-state index is 0. The molecule has 0 aliphatic rings. The van der Waals surface area contributed by atoms with Crippen LogP contribution in [0.5, 0.6) is 5.75 Å². The molecule has 0 saturated carbocycles. The molecule has 18 heteroatoms. The Kier molecular flexibility index (Phi) is 14.7. The number of nitrogens with zero attached hydrogens (tertiary/aromatic N) is 4. The number of hydrogen-bond donors (Lipinski definition) is 0. The van der Waals surface area contributed by atoms with Gasteiger partial charge >= 0.3 is 48.1 Å². The first-order valence-corrected chi connectivity index (χ1v) is 15.6. The number of anilines is 1. The predicted molar refractivity (Wildman–Crippen MR) is 168 cm³/mol. The van der Waals surface area contributed by atoms with E-state index in [9.17, 15) is 49.4 Å². The minimum atomic E-state index is -5.16. The molecule has 0 radical (unpaired) electrons. The molecule has 8 nitrogen and oxygen atoms in total. The van der Waals surface area contributed by atoms with E-state index in [0.717, 1.165) is 29.4 Å². The second kappa shape index (κ2) is 17.9. The third-order valence-corrected chi connectivity index (χ3v) is 7.65. The summed E-state index contributed by atoms with van der Waals surface area (Å²) in [7, 11) is 1.41. The molecule has 2 aromatic heterocycles. The number of alkyl halides is 9. The zero-order valence-corrected chi connectivity index (χ0v) is 30.9. The Morgan fingerprint density at radius 2 is 1.42 bits per heavy atom. The summed E-state index contributed by atoms with van der Waals surface area (Å²) < 4.78 is 136. The number of aromatic nitrogens is 3. The molecule has 280 valence electrons. The second-order valence-electron chi connectivity index (χ2n) is 12.0. The van der Waals surface area contributed by atoms with Crippen molar-refractivity contribution < 1.29 is 88.4 Å². The van der Waals surface area contributed by atoms with Gasteiger partial charge in [-0.1, -0.05) is 26.0 Å². The molecule has 53 heavy (non-hydrogen) atoms. The summed E-state index contributed by atoms with van der Waals surface area (Å²) in [6.07, 6.45) is -13.1. The number of carbonyl (C=O) groups excluding carboxylic acids is 1. The van der Waals surface area contributed by atoms with Crippen molar-refractivity contribution in [3.05, 3.63) is 100.0 Å². The van der Waals surface area contributed by atoms with Gasteiger partial charge in [0.25, 0.3) is 0 Å². The molecule has 0 spiro atoms. The van der Waals surface area contributed by atoms with Gasteiger partial charge < -0.3 is 24.3 Å². The number of hydrogen-bond acceptors (Lipinski definition) is 8. The third-order valence-electron chi connectivity index (χ3n) is 7.65. The van der Waals surface area contributed by atoms with Gasteiger partial charge in [0.2, 0.25) is 5.95 Å². The van der Waals surface area contributed by atoms with Gasteiger partial charge in [0, 0.05) is 43.0 Å². The van der Waals surface area contributed by atoms with Crippen molar-refractivity contribution in [3.8, 4) is 17.0 Å². The van der Waals surface area contributed by atoms with Crippen LogP contribution >= 0.6 is 0 Å². The van der Waals surface area contributed by atoms with Crippen molar-refractivity contribution in [1.82, 2.24) is 15.0 Å². The Morgan fingerprint density at radius 3 is 1.94 bits per heavy atom. The van der Waals surface area contributed by atoms with Gasteiger partial charge in [0.1, 0.15) is 0 Å². The quantitative estimate of drug-likeness (QED) is 0.101. The van der Waals surface area contributed by atoms with Gasteiger partial charge in [-0.15, -0.1) is 0 Å². The van der Waals surface area contributed by atoms with E-state index in [1.807, 2.05) is 13.8 Å². The van der Waals surface area contributed by atoms with Crippen molar-refractivity contribution in [1.29, 1.82) is 0 Å². The van der Waals surface area contributed by atoms with Crippen molar-refractivity contribution >= 4 is 11.9 Å². The van der Waals surface area contributed by atoms with E-state index >= 15 is 0 Å². The van der Waals surface area contributed by atoms with Crippen LogP contribution in [-0.4, -0.2) is 34.6 Å². The fourth-order valence-electron chi connectivity index (χ4n) is 5.15. The molecule has 0 amide bonds. The number of pyridine rings is 1. The molecule has 0 fully saturated rings. The summed E-state index contributed by atoms with van der Waals surface area (Å²) in [5, 5.41) is 10.7. The SMILES string of the molecule is COCc1ccc(C(C)C)nc1-c1ccc(C(F)(F)F)cc1CN(Cc1cc(C(F)(F)F)cc(C(F)(F)F)c1)c1ncc(OCCCC(=O)[O-])cn1.[Na+]. The van der Waals surface area contributed by atoms with Crippen molar-refractivity contribution in [2.45, 2.75) is 70.8 Å². The Labute approximate surface area is 320 Å². The Morgan fingerprint density at radius 1 is 0.811 bits per heavy atom. The van der Waals surface area contributed by atoms with Crippen LogP contribution < -0.4 is 44.3 Å².